The van der Waals surface area contributed by atoms with Gasteiger partial charge >= 0.3 is 0 Å². The van der Waals surface area contributed by atoms with Crippen LogP contribution < -0.4 is 10.6 Å². The number of amides is 2. The fourth-order valence-corrected chi connectivity index (χ4v) is 2.75. The van der Waals surface area contributed by atoms with Crippen LogP contribution in [0.1, 0.15) is 12.0 Å². The van der Waals surface area contributed by atoms with E-state index in [0.717, 1.165) is 13.0 Å². The molecule has 0 radical (unpaired) electrons. The zero-order chi connectivity index (χ0) is 14.7. The summed E-state index contributed by atoms with van der Waals surface area (Å²) in [5.41, 5.74) is 2.53. The summed E-state index contributed by atoms with van der Waals surface area (Å²) in [6.07, 6.45) is 2.99. The van der Waals surface area contributed by atoms with E-state index in [2.05, 4.69) is 28.8 Å². The van der Waals surface area contributed by atoms with Gasteiger partial charge in [0.25, 0.3) is 0 Å². The molecule has 0 aliphatic carbocycles. The predicted octanol–water partition coefficient (Wildman–Crippen LogP) is 0.390. The van der Waals surface area contributed by atoms with Gasteiger partial charge in [-0.15, -0.1) is 0 Å². The Hall–Kier alpha value is -2.14. The number of rotatable bonds is 2. The molecule has 2 aliphatic rings. The van der Waals surface area contributed by atoms with Gasteiger partial charge in [-0.1, -0.05) is 36.4 Å². The number of carbonyl (C=O) groups excluding carboxylic acids is 2. The molecule has 2 N–H and O–H groups in total. The summed E-state index contributed by atoms with van der Waals surface area (Å²) in [7, 11) is 0. The minimum Gasteiger partial charge on any atom is -0.353 e. The Bertz CT molecular complexity index is 558. The fourth-order valence-electron chi connectivity index (χ4n) is 2.75. The van der Waals surface area contributed by atoms with Crippen molar-refractivity contribution < 1.29 is 9.59 Å². The van der Waals surface area contributed by atoms with Gasteiger partial charge in [-0.25, -0.2) is 0 Å². The normalized spacial score (nSPS) is 22.5. The average molecular weight is 285 g/mol. The minimum absolute atomic E-state index is 0.0519. The largest absolute Gasteiger partial charge is 0.353 e. The van der Waals surface area contributed by atoms with E-state index in [4.69, 9.17) is 0 Å². The topological polar surface area (TPSA) is 61.4 Å². The Labute approximate surface area is 124 Å². The maximum Gasteiger partial charge on any atom is 0.241 e. The molecular formula is C16H19N3O2. The second-order valence-corrected chi connectivity index (χ2v) is 5.37. The van der Waals surface area contributed by atoms with E-state index in [1.165, 1.54) is 11.1 Å². The highest BCUT2D eigenvalue weighted by Gasteiger charge is 2.28. The number of carbonyl (C=O) groups is 2. The molecule has 1 aromatic rings. The van der Waals surface area contributed by atoms with Crippen LogP contribution in [0.2, 0.25) is 0 Å². The Morgan fingerprint density at radius 3 is 2.67 bits per heavy atom. The van der Waals surface area contributed by atoms with Crippen molar-refractivity contribution in [2.24, 2.45) is 0 Å². The van der Waals surface area contributed by atoms with E-state index in [-0.39, 0.29) is 24.4 Å². The van der Waals surface area contributed by atoms with Crippen LogP contribution in [0.4, 0.5) is 0 Å². The molecule has 0 bridgehead atoms. The lowest BCUT2D eigenvalue weighted by molar-refractivity contribution is -0.134. The van der Waals surface area contributed by atoms with Gasteiger partial charge in [0.15, 0.2) is 0 Å². The van der Waals surface area contributed by atoms with Crippen molar-refractivity contribution in [3.05, 3.63) is 42.0 Å². The van der Waals surface area contributed by atoms with Gasteiger partial charge in [0, 0.05) is 19.6 Å². The van der Waals surface area contributed by atoms with Gasteiger partial charge in [0.2, 0.25) is 11.8 Å². The number of benzene rings is 1. The van der Waals surface area contributed by atoms with Crippen LogP contribution in [0.5, 0.6) is 0 Å². The summed E-state index contributed by atoms with van der Waals surface area (Å²) < 4.78 is 0. The van der Waals surface area contributed by atoms with Crippen LogP contribution >= 0.6 is 0 Å². The molecule has 21 heavy (non-hydrogen) atoms. The van der Waals surface area contributed by atoms with Gasteiger partial charge in [-0.2, -0.15) is 0 Å². The average Bonchev–Trinajstić information content (AvgIpc) is 2.56. The predicted molar refractivity (Wildman–Crippen MR) is 80.4 cm³/mol. The first kappa shape index (κ1) is 13.8. The van der Waals surface area contributed by atoms with E-state index >= 15 is 0 Å². The third-order valence-electron chi connectivity index (χ3n) is 3.98. The second-order valence-electron chi connectivity index (χ2n) is 5.37. The first-order chi connectivity index (χ1) is 10.2. The molecule has 1 atom stereocenters. The van der Waals surface area contributed by atoms with E-state index in [0.29, 0.717) is 13.1 Å². The molecule has 5 nitrogen and oxygen atoms in total. The van der Waals surface area contributed by atoms with Crippen LogP contribution in [0.3, 0.4) is 0 Å². The summed E-state index contributed by atoms with van der Waals surface area (Å²) in [6, 6.07) is 9.97. The van der Waals surface area contributed by atoms with Crippen LogP contribution in [-0.2, 0) is 9.59 Å². The van der Waals surface area contributed by atoms with Crippen molar-refractivity contribution in [1.82, 2.24) is 15.5 Å². The standard InChI is InChI=1S/C16H19N3O2/c20-15-11-17-14(10-18-15)16(21)19-8-6-13(7-9-19)12-4-2-1-3-5-12/h1-6,14,17H,7-11H2,(H,18,20). The highest BCUT2D eigenvalue weighted by atomic mass is 16.2. The summed E-state index contributed by atoms with van der Waals surface area (Å²) >= 11 is 0. The van der Waals surface area contributed by atoms with Gasteiger partial charge in [0.1, 0.15) is 6.04 Å². The Balaban J connectivity index is 1.61. The molecule has 1 aromatic carbocycles. The molecule has 1 unspecified atom stereocenters. The number of nitrogens with one attached hydrogen (secondary N) is 2. The number of nitrogens with zero attached hydrogens (tertiary/aromatic N) is 1. The van der Waals surface area contributed by atoms with Crippen LogP contribution in [-0.4, -0.2) is 48.9 Å². The molecule has 3 rings (SSSR count). The maximum atomic E-state index is 12.4. The highest BCUT2D eigenvalue weighted by molar-refractivity contribution is 5.87. The molecule has 2 amide bonds. The zero-order valence-corrected chi connectivity index (χ0v) is 11.8. The number of hydrogen-bond donors (Lipinski definition) is 2. The van der Waals surface area contributed by atoms with Gasteiger partial charge in [-0.3, -0.25) is 14.9 Å². The molecule has 110 valence electrons. The lowest BCUT2D eigenvalue weighted by Crippen LogP contribution is -2.59. The number of piperazine rings is 1. The Morgan fingerprint density at radius 1 is 1.24 bits per heavy atom. The fraction of sp³-hybridized carbons (Fsp3) is 0.375. The van der Waals surface area contributed by atoms with Gasteiger partial charge in [-0.05, 0) is 17.6 Å². The summed E-state index contributed by atoms with van der Waals surface area (Å²) in [4.78, 5) is 25.3. The van der Waals surface area contributed by atoms with E-state index in [9.17, 15) is 9.59 Å². The first-order valence-electron chi connectivity index (χ1n) is 7.27. The maximum absolute atomic E-state index is 12.4. The van der Waals surface area contributed by atoms with Crippen molar-refractivity contribution in [2.75, 3.05) is 26.2 Å². The second kappa shape index (κ2) is 6.10. The van der Waals surface area contributed by atoms with E-state index < -0.39 is 0 Å². The van der Waals surface area contributed by atoms with E-state index in [1.807, 2.05) is 23.1 Å². The van der Waals surface area contributed by atoms with Crippen molar-refractivity contribution in [1.29, 1.82) is 0 Å². The molecule has 0 aromatic heterocycles. The quantitative estimate of drug-likeness (QED) is 0.826. The molecule has 0 spiro atoms. The van der Waals surface area contributed by atoms with Crippen molar-refractivity contribution >= 4 is 17.4 Å². The molecular weight excluding hydrogens is 266 g/mol. The Morgan fingerprint density at radius 2 is 2.05 bits per heavy atom. The number of hydrogen-bond acceptors (Lipinski definition) is 3. The third kappa shape index (κ3) is 3.13. The van der Waals surface area contributed by atoms with Crippen LogP contribution in [0.25, 0.3) is 5.57 Å². The Kier molecular flexibility index (Phi) is 4.01. The van der Waals surface area contributed by atoms with Gasteiger partial charge in [0.05, 0.1) is 6.54 Å². The molecule has 5 heteroatoms. The van der Waals surface area contributed by atoms with Crippen molar-refractivity contribution in [3.8, 4) is 0 Å². The minimum atomic E-state index is -0.297. The molecule has 1 fully saturated rings. The lowest BCUT2D eigenvalue weighted by atomic mass is 9.99. The first-order valence-corrected chi connectivity index (χ1v) is 7.27. The lowest BCUT2D eigenvalue weighted by Gasteiger charge is -2.32. The third-order valence-corrected chi connectivity index (χ3v) is 3.98. The smallest absolute Gasteiger partial charge is 0.241 e. The van der Waals surface area contributed by atoms with Gasteiger partial charge < -0.3 is 10.2 Å². The molecule has 2 heterocycles. The van der Waals surface area contributed by atoms with E-state index in [1.54, 1.807) is 0 Å². The molecule has 2 aliphatic heterocycles. The molecule has 1 saturated heterocycles. The summed E-state index contributed by atoms with van der Waals surface area (Å²) in [5.74, 6) is 0.0160. The zero-order valence-electron chi connectivity index (χ0n) is 11.8. The SMILES string of the molecule is O=C1CNC(C(=O)N2CC=C(c3ccccc3)CC2)CN1. The molecule has 0 saturated carbocycles. The van der Waals surface area contributed by atoms with Crippen LogP contribution in [0, 0.1) is 0 Å². The highest BCUT2D eigenvalue weighted by Crippen LogP contribution is 2.22. The van der Waals surface area contributed by atoms with Crippen molar-refractivity contribution in [2.45, 2.75) is 12.5 Å². The van der Waals surface area contributed by atoms with Crippen molar-refractivity contribution in [3.63, 3.8) is 0 Å². The summed E-state index contributed by atoms with van der Waals surface area (Å²) in [6.45, 7) is 1.96. The monoisotopic (exact) mass is 285 g/mol. The summed E-state index contributed by atoms with van der Waals surface area (Å²) in [5, 5.41) is 5.71. The van der Waals surface area contributed by atoms with Crippen LogP contribution in [0.15, 0.2) is 36.4 Å².